The lowest BCUT2D eigenvalue weighted by Gasteiger charge is -2.34. The van der Waals surface area contributed by atoms with E-state index in [2.05, 4.69) is 19.8 Å². The molecule has 0 N–H and O–H groups in total. The van der Waals surface area contributed by atoms with Crippen molar-refractivity contribution in [2.75, 3.05) is 44.2 Å². The molecule has 0 unspecified atom stereocenters. The Balaban J connectivity index is 1.35. The Hall–Kier alpha value is -1.97. The second-order valence-electron chi connectivity index (χ2n) is 6.64. The Kier molecular flexibility index (Phi) is 4.92. The summed E-state index contributed by atoms with van der Waals surface area (Å²) in [6.07, 6.45) is 5.34. The third-order valence-corrected chi connectivity index (χ3v) is 6.66. The smallest absolute Gasteiger partial charge is 0.276 e. The van der Waals surface area contributed by atoms with Gasteiger partial charge in [0.15, 0.2) is 0 Å². The zero-order valence-corrected chi connectivity index (χ0v) is 15.4. The zero-order chi connectivity index (χ0) is 18.0. The molecule has 0 bridgehead atoms. The van der Waals surface area contributed by atoms with E-state index in [9.17, 15) is 8.42 Å². The highest BCUT2D eigenvalue weighted by molar-refractivity contribution is 7.89. The summed E-state index contributed by atoms with van der Waals surface area (Å²) in [5, 5.41) is 0.0609. The Morgan fingerprint density at radius 2 is 1.65 bits per heavy atom. The number of piperazine rings is 1. The van der Waals surface area contributed by atoms with E-state index < -0.39 is 10.0 Å². The molecule has 9 heteroatoms. The van der Waals surface area contributed by atoms with Gasteiger partial charge in [0.1, 0.15) is 5.76 Å². The van der Waals surface area contributed by atoms with Gasteiger partial charge in [-0.05, 0) is 31.0 Å². The van der Waals surface area contributed by atoms with Crippen LogP contribution in [0.15, 0.2) is 40.1 Å². The maximum atomic E-state index is 12.5. The molecule has 140 valence electrons. The lowest BCUT2D eigenvalue weighted by atomic mass is 10.3. The van der Waals surface area contributed by atoms with Crippen LogP contribution in [0.2, 0.25) is 0 Å². The molecule has 2 saturated heterocycles. The molecule has 0 amide bonds. The Labute approximate surface area is 153 Å². The lowest BCUT2D eigenvalue weighted by Crippen LogP contribution is -2.46. The average molecular weight is 377 g/mol. The molecule has 0 spiro atoms. The number of nitrogens with zero attached hydrogens (tertiary/aromatic N) is 5. The molecule has 0 aromatic carbocycles. The van der Waals surface area contributed by atoms with Gasteiger partial charge in [-0.3, -0.25) is 4.90 Å². The van der Waals surface area contributed by atoms with Gasteiger partial charge in [0.25, 0.3) is 10.0 Å². The number of furan rings is 1. The highest BCUT2D eigenvalue weighted by Crippen LogP contribution is 2.23. The minimum Gasteiger partial charge on any atom is -0.447 e. The van der Waals surface area contributed by atoms with E-state index in [1.54, 1.807) is 24.5 Å². The van der Waals surface area contributed by atoms with Crippen molar-refractivity contribution < 1.29 is 12.8 Å². The number of anilines is 1. The monoisotopic (exact) mass is 377 g/mol. The Bertz CT molecular complexity index is 825. The summed E-state index contributed by atoms with van der Waals surface area (Å²) in [5.41, 5.74) is 0. The zero-order valence-electron chi connectivity index (χ0n) is 14.6. The van der Waals surface area contributed by atoms with Gasteiger partial charge in [-0.15, -0.1) is 0 Å². The first-order chi connectivity index (χ1) is 12.6. The first-order valence-corrected chi connectivity index (χ1v) is 10.4. The van der Waals surface area contributed by atoms with E-state index in [1.807, 2.05) is 6.07 Å². The minimum atomic E-state index is -3.48. The van der Waals surface area contributed by atoms with Gasteiger partial charge in [-0.25, -0.2) is 18.4 Å². The van der Waals surface area contributed by atoms with Crippen molar-refractivity contribution in [2.24, 2.45) is 0 Å². The second-order valence-corrected chi connectivity index (χ2v) is 8.51. The fraction of sp³-hybridized carbons (Fsp3) is 0.529. The van der Waals surface area contributed by atoms with E-state index >= 15 is 0 Å². The van der Waals surface area contributed by atoms with Crippen LogP contribution in [0.1, 0.15) is 18.6 Å². The summed E-state index contributed by atoms with van der Waals surface area (Å²) in [6, 6.07) is 5.16. The molecule has 2 aliphatic rings. The van der Waals surface area contributed by atoms with Crippen LogP contribution in [0.25, 0.3) is 0 Å². The molecular weight excluding hydrogens is 354 g/mol. The van der Waals surface area contributed by atoms with Crippen molar-refractivity contribution in [1.82, 2.24) is 19.2 Å². The molecule has 0 atom stereocenters. The second kappa shape index (κ2) is 7.34. The highest BCUT2D eigenvalue weighted by Gasteiger charge is 2.30. The molecule has 0 aliphatic carbocycles. The van der Waals surface area contributed by atoms with Crippen LogP contribution in [0.5, 0.6) is 0 Å². The molecule has 2 aromatic heterocycles. The topological polar surface area (TPSA) is 82.8 Å². The molecule has 0 radical (unpaired) electrons. The van der Waals surface area contributed by atoms with Gasteiger partial charge >= 0.3 is 0 Å². The number of sulfonamides is 1. The van der Waals surface area contributed by atoms with E-state index in [-0.39, 0.29) is 5.09 Å². The molecule has 4 heterocycles. The molecule has 0 saturated carbocycles. The van der Waals surface area contributed by atoms with Gasteiger partial charge in [0.05, 0.1) is 6.54 Å². The highest BCUT2D eigenvalue weighted by atomic mass is 32.2. The van der Waals surface area contributed by atoms with Gasteiger partial charge < -0.3 is 9.32 Å². The largest absolute Gasteiger partial charge is 0.447 e. The maximum Gasteiger partial charge on any atom is 0.276 e. The van der Waals surface area contributed by atoms with Crippen molar-refractivity contribution in [3.63, 3.8) is 0 Å². The Morgan fingerprint density at radius 3 is 2.35 bits per heavy atom. The van der Waals surface area contributed by atoms with Crippen LogP contribution in [0.4, 0.5) is 5.95 Å². The fourth-order valence-electron chi connectivity index (χ4n) is 3.42. The standard InChI is InChI=1S/C17H23N5O3S/c23-26(24,22-8-1-2-9-22)16-5-4-15(25-16)14-20-10-12-21(13-11-20)17-18-6-3-7-19-17/h3-7H,1-2,8-14H2. The average Bonchev–Trinajstić information content (AvgIpc) is 3.36. The first-order valence-electron chi connectivity index (χ1n) is 8.96. The minimum absolute atomic E-state index is 0.0609. The van der Waals surface area contributed by atoms with Crippen LogP contribution >= 0.6 is 0 Å². The molecule has 26 heavy (non-hydrogen) atoms. The van der Waals surface area contributed by atoms with Crippen molar-refractivity contribution in [3.8, 4) is 0 Å². The van der Waals surface area contributed by atoms with E-state index in [4.69, 9.17) is 4.42 Å². The van der Waals surface area contributed by atoms with Crippen molar-refractivity contribution in [2.45, 2.75) is 24.5 Å². The van der Waals surface area contributed by atoms with Crippen molar-refractivity contribution in [3.05, 3.63) is 36.4 Å². The fourth-order valence-corrected chi connectivity index (χ4v) is 4.86. The van der Waals surface area contributed by atoms with Gasteiger partial charge in [0, 0.05) is 51.7 Å². The quantitative estimate of drug-likeness (QED) is 0.774. The number of hydrogen-bond acceptors (Lipinski definition) is 7. The Morgan fingerprint density at radius 1 is 0.962 bits per heavy atom. The summed E-state index contributed by atoms with van der Waals surface area (Å²) < 4.78 is 32.2. The number of rotatable bonds is 5. The normalized spacial score (nSPS) is 19.9. The van der Waals surface area contributed by atoms with Gasteiger partial charge in [-0.2, -0.15) is 4.31 Å². The summed E-state index contributed by atoms with van der Waals surface area (Å²) >= 11 is 0. The first kappa shape index (κ1) is 17.4. The van der Waals surface area contributed by atoms with Gasteiger partial charge in [0.2, 0.25) is 11.0 Å². The van der Waals surface area contributed by atoms with Crippen LogP contribution < -0.4 is 4.90 Å². The third-order valence-electron chi connectivity index (χ3n) is 4.88. The summed E-state index contributed by atoms with van der Waals surface area (Å²) in [4.78, 5) is 13.0. The predicted octanol–water partition coefficient (Wildman–Crippen LogP) is 1.18. The molecular formula is C17H23N5O3S. The molecule has 8 nitrogen and oxygen atoms in total. The molecule has 2 fully saturated rings. The number of hydrogen-bond donors (Lipinski definition) is 0. The van der Waals surface area contributed by atoms with E-state index in [1.165, 1.54) is 4.31 Å². The third kappa shape index (κ3) is 3.60. The lowest BCUT2D eigenvalue weighted by molar-refractivity contribution is 0.223. The van der Waals surface area contributed by atoms with Crippen molar-refractivity contribution >= 4 is 16.0 Å². The van der Waals surface area contributed by atoms with Crippen LogP contribution in [0, 0.1) is 0 Å². The molecule has 2 aliphatic heterocycles. The van der Waals surface area contributed by atoms with Crippen LogP contribution in [-0.2, 0) is 16.6 Å². The molecule has 2 aromatic rings. The summed E-state index contributed by atoms with van der Waals surface area (Å²) in [5.74, 6) is 1.44. The van der Waals surface area contributed by atoms with E-state index in [0.29, 0.717) is 25.4 Å². The van der Waals surface area contributed by atoms with Crippen LogP contribution in [-0.4, -0.2) is 66.9 Å². The predicted molar refractivity (Wildman–Crippen MR) is 96.2 cm³/mol. The van der Waals surface area contributed by atoms with E-state index in [0.717, 1.165) is 45.0 Å². The number of aromatic nitrogens is 2. The van der Waals surface area contributed by atoms with Crippen LogP contribution in [0.3, 0.4) is 0 Å². The summed E-state index contributed by atoms with van der Waals surface area (Å²) in [6.45, 7) is 5.16. The van der Waals surface area contributed by atoms with Gasteiger partial charge in [-0.1, -0.05) is 0 Å². The SMILES string of the molecule is O=S(=O)(c1ccc(CN2CCN(c3ncccn3)CC2)o1)N1CCCC1. The van der Waals surface area contributed by atoms with Crippen molar-refractivity contribution in [1.29, 1.82) is 0 Å². The summed E-state index contributed by atoms with van der Waals surface area (Å²) in [7, 11) is -3.48. The maximum absolute atomic E-state index is 12.5. The molecule has 4 rings (SSSR count).